The van der Waals surface area contributed by atoms with Gasteiger partial charge in [0.05, 0.1) is 18.7 Å². The molecule has 1 heterocycles. The fraction of sp³-hybridized carbons (Fsp3) is 0.208. The van der Waals surface area contributed by atoms with Crippen molar-refractivity contribution in [1.82, 2.24) is 4.90 Å². The van der Waals surface area contributed by atoms with Crippen LogP contribution in [0, 0.1) is 0 Å². The Labute approximate surface area is 165 Å². The van der Waals surface area contributed by atoms with Crippen LogP contribution in [0.4, 0.5) is 0 Å². The third-order valence-corrected chi connectivity index (χ3v) is 4.88. The molecule has 1 aliphatic heterocycles. The molecule has 3 aromatic rings. The van der Waals surface area contributed by atoms with Crippen molar-refractivity contribution < 1.29 is 14.3 Å². The maximum atomic E-state index is 13.2. The zero-order valence-electron chi connectivity index (χ0n) is 15.7. The first-order valence-electron chi connectivity index (χ1n) is 9.53. The zero-order chi connectivity index (χ0) is 19.2. The van der Waals surface area contributed by atoms with E-state index in [4.69, 9.17) is 9.47 Å². The third-order valence-electron chi connectivity index (χ3n) is 4.88. The van der Waals surface area contributed by atoms with Crippen LogP contribution in [0.5, 0.6) is 5.75 Å². The molecular formula is C24H23NO3. The largest absolute Gasteiger partial charge is 0.488 e. The molecule has 1 atom stereocenters. The second-order valence-electron chi connectivity index (χ2n) is 6.79. The number of amides is 1. The Hall–Kier alpha value is -3.11. The lowest BCUT2D eigenvalue weighted by molar-refractivity contribution is -0.0229. The first-order valence-corrected chi connectivity index (χ1v) is 9.53. The highest BCUT2D eigenvalue weighted by Gasteiger charge is 2.27. The molecule has 0 aromatic heterocycles. The van der Waals surface area contributed by atoms with Gasteiger partial charge in [-0.15, -0.1) is 0 Å². The Morgan fingerprint density at radius 2 is 1.61 bits per heavy atom. The number of carbonyl (C=O) groups excluding carboxylic acids is 1. The van der Waals surface area contributed by atoms with Gasteiger partial charge in [0.15, 0.2) is 0 Å². The van der Waals surface area contributed by atoms with Gasteiger partial charge in [-0.3, -0.25) is 4.79 Å². The first-order chi connectivity index (χ1) is 13.8. The van der Waals surface area contributed by atoms with Crippen LogP contribution in [-0.2, 0) is 11.3 Å². The molecule has 142 valence electrons. The van der Waals surface area contributed by atoms with Crippen LogP contribution < -0.4 is 4.74 Å². The Morgan fingerprint density at radius 3 is 2.39 bits per heavy atom. The van der Waals surface area contributed by atoms with E-state index < -0.39 is 0 Å². The zero-order valence-corrected chi connectivity index (χ0v) is 15.7. The number of para-hydroxylation sites is 1. The van der Waals surface area contributed by atoms with Crippen molar-refractivity contribution >= 4 is 5.91 Å². The van der Waals surface area contributed by atoms with E-state index in [1.54, 1.807) is 0 Å². The molecule has 0 N–H and O–H groups in total. The van der Waals surface area contributed by atoms with E-state index in [-0.39, 0.29) is 12.0 Å². The monoisotopic (exact) mass is 373 g/mol. The van der Waals surface area contributed by atoms with Crippen molar-refractivity contribution in [2.45, 2.75) is 12.7 Å². The van der Waals surface area contributed by atoms with Gasteiger partial charge in [0.25, 0.3) is 5.91 Å². The molecule has 4 heteroatoms. The molecule has 0 bridgehead atoms. The number of nitrogens with zero attached hydrogens (tertiary/aromatic N) is 1. The standard InChI is InChI=1S/C24H23NO3/c26-24(25-15-16-27-23(17-25)20-11-5-2-6-12-20)21-13-7-8-14-22(21)28-18-19-9-3-1-4-10-19/h1-14,23H,15-18H2/t23-/m1/s1. The molecule has 28 heavy (non-hydrogen) atoms. The predicted octanol–water partition coefficient (Wildman–Crippen LogP) is 4.48. The lowest BCUT2D eigenvalue weighted by Gasteiger charge is -2.33. The van der Waals surface area contributed by atoms with Crippen molar-refractivity contribution in [2.75, 3.05) is 19.7 Å². The molecule has 1 saturated heterocycles. The predicted molar refractivity (Wildman–Crippen MR) is 108 cm³/mol. The van der Waals surface area contributed by atoms with Gasteiger partial charge < -0.3 is 14.4 Å². The fourth-order valence-electron chi connectivity index (χ4n) is 3.38. The first kappa shape index (κ1) is 18.3. The number of benzene rings is 3. The van der Waals surface area contributed by atoms with Crippen LogP contribution in [-0.4, -0.2) is 30.5 Å². The van der Waals surface area contributed by atoms with E-state index in [1.165, 1.54) is 0 Å². The van der Waals surface area contributed by atoms with Crippen LogP contribution in [0.1, 0.15) is 27.6 Å². The molecular weight excluding hydrogens is 350 g/mol. The number of ether oxygens (including phenoxy) is 2. The summed E-state index contributed by atoms with van der Waals surface area (Å²) in [6.07, 6.45) is -0.101. The second kappa shape index (κ2) is 8.72. The second-order valence-corrected chi connectivity index (χ2v) is 6.79. The highest BCUT2D eigenvalue weighted by atomic mass is 16.5. The maximum absolute atomic E-state index is 13.2. The summed E-state index contributed by atoms with van der Waals surface area (Å²) in [7, 11) is 0. The summed E-state index contributed by atoms with van der Waals surface area (Å²) in [5, 5.41) is 0. The number of hydrogen-bond acceptors (Lipinski definition) is 3. The van der Waals surface area contributed by atoms with E-state index in [0.29, 0.717) is 37.6 Å². The summed E-state index contributed by atoms with van der Waals surface area (Å²) in [5.41, 5.74) is 2.75. The fourth-order valence-corrected chi connectivity index (χ4v) is 3.38. The molecule has 3 aromatic carbocycles. The van der Waals surface area contributed by atoms with E-state index in [1.807, 2.05) is 89.8 Å². The van der Waals surface area contributed by atoms with Crippen LogP contribution in [0.25, 0.3) is 0 Å². The van der Waals surface area contributed by atoms with Gasteiger partial charge >= 0.3 is 0 Å². The number of rotatable bonds is 5. The van der Waals surface area contributed by atoms with Gasteiger partial charge in [-0.05, 0) is 23.3 Å². The van der Waals surface area contributed by atoms with Crippen molar-refractivity contribution in [3.63, 3.8) is 0 Å². The minimum Gasteiger partial charge on any atom is -0.488 e. The van der Waals surface area contributed by atoms with Gasteiger partial charge in [-0.2, -0.15) is 0 Å². The normalized spacial score (nSPS) is 16.6. The summed E-state index contributed by atoms with van der Waals surface area (Å²) >= 11 is 0. The molecule has 0 radical (unpaired) electrons. The summed E-state index contributed by atoms with van der Waals surface area (Å²) < 4.78 is 11.9. The van der Waals surface area contributed by atoms with Crippen LogP contribution in [0.15, 0.2) is 84.9 Å². The topological polar surface area (TPSA) is 38.8 Å². The van der Waals surface area contributed by atoms with Crippen LogP contribution in [0.2, 0.25) is 0 Å². The quantitative estimate of drug-likeness (QED) is 0.662. The Bertz CT molecular complexity index is 911. The highest BCUT2D eigenvalue weighted by molar-refractivity contribution is 5.97. The molecule has 1 aliphatic rings. The number of carbonyl (C=O) groups is 1. The van der Waals surface area contributed by atoms with Gasteiger partial charge in [0, 0.05) is 6.54 Å². The summed E-state index contributed by atoms with van der Waals surface area (Å²) in [5.74, 6) is 0.590. The average Bonchev–Trinajstić information content (AvgIpc) is 2.79. The molecule has 0 unspecified atom stereocenters. The third kappa shape index (κ3) is 4.24. The average molecular weight is 373 g/mol. The van der Waals surface area contributed by atoms with Gasteiger partial charge in [-0.25, -0.2) is 0 Å². The Morgan fingerprint density at radius 1 is 0.929 bits per heavy atom. The van der Waals surface area contributed by atoms with Crippen LogP contribution in [0.3, 0.4) is 0 Å². The Kier molecular flexibility index (Phi) is 5.69. The SMILES string of the molecule is O=C(c1ccccc1OCc1ccccc1)N1CCO[C@@H](c2ccccc2)C1. The molecule has 1 amide bonds. The van der Waals surface area contributed by atoms with E-state index >= 15 is 0 Å². The highest BCUT2D eigenvalue weighted by Crippen LogP contribution is 2.26. The molecule has 4 rings (SSSR count). The Balaban J connectivity index is 1.48. The van der Waals surface area contributed by atoms with Gasteiger partial charge in [0.2, 0.25) is 0 Å². The number of morpholine rings is 1. The van der Waals surface area contributed by atoms with Crippen molar-refractivity contribution in [3.8, 4) is 5.75 Å². The van der Waals surface area contributed by atoms with Crippen molar-refractivity contribution in [1.29, 1.82) is 0 Å². The van der Waals surface area contributed by atoms with E-state index in [2.05, 4.69) is 0 Å². The summed E-state index contributed by atoms with van der Waals surface area (Å²) in [4.78, 5) is 15.1. The van der Waals surface area contributed by atoms with Crippen LogP contribution >= 0.6 is 0 Å². The molecule has 4 nitrogen and oxygen atoms in total. The lowest BCUT2D eigenvalue weighted by atomic mass is 10.1. The van der Waals surface area contributed by atoms with E-state index in [0.717, 1.165) is 11.1 Å². The molecule has 1 fully saturated rings. The molecule has 0 spiro atoms. The number of hydrogen-bond donors (Lipinski definition) is 0. The van der Waals surface area contributed by atoms with Crippen molar-refractivity contribution in [2.24, 2.45) is 0 Å². The lowest BCUT2D eigenvalue weighted by Crippen LogP contribution is -2.42. The smallest absolute Gasteiger partial charge is 0.257 e. The summed E-state index contributed by atoms with van der Waals surface area (Å²) in [6, 6.07) is 27.4. The van der Waals surface area contributed by atoms with Crippen molar-refractivity contribution in [3.05, 3.63) is 102 Å². The summed E-state index contributed by atoms with van der Waals surface area (Å²) in [6.45, 7) is 2.07. The molecule has 0 aliphatic carbocycles. The van der Waals surface area contributed by atoms with Gasteiger partial charge in [0.1, 0.15) is 18.5 Å². The van der Waals surface area contributed by atoms with E-state index in [9.17, 15) is 4.79 Å². The minimum absolute atomic E-state index is 0.0205. The van der Waals surface area contributed by atoms with Gasteiger partial charge in [-0.1, -0.05) is 72.8 Å². The minimum atomic E-state index is -0.101. The maximum Gasteiger partial charge on any atom is 0.257 e. The molecule has 0 saturated carbocycles.